The number of imidazole rings is 1. The van der Waals surface area contributed by atoms with E-state index in [2.05, 4.69) is 37.3 Å². The van der Waals surface area contributed by atoms with E-state index in [1.807, 2.05) is 18.7 Å². The molecule has 0 aliphatic carbocycles. The Labute approximate surface area is 99.6 Å². The van der Waals surface area contributed by atoms with Gasteiger partial charge in [0.25, 0.3) is 0 Å². The maximum absolute atomic E-state index is 4.06. The van der Waals surface area contributed by atoms with Crippen molar-refractivity contribution in [3.63, 3.8) is 0 Å². The van der Waals surface area contributed by atoms with E-state index in [9.17, 15) is 0 Å². The molecule has 0 spiro atoms. The van der Waals surface area contributed by atoms with Crippen molar-refractivity contribution < 1.29 is 0 Å². The van der Waals surface area contributed by atoms with Crippen LogP contribution >= 0.6 is 15.9 Å². The van der Waals surface area contributed by atoms with Gasteiger partial charge in [0.1, 0.15) is 0 Å². The third-order valence-electron chi connectivity index (χ3n) is 3.16. The number of hydrogen-bond acceptors (Lipinski definition) is 2. The highest BCUT2D eigenvalue weighted by Crippen LogP contribution is 2.21. The molecule has 1 aromatic heterocycles. The van der Waals surface area contributed by atoms with Crippen molar-refractivity contribution in [3.05, 3.63) is 18.7 Å². The summed E-state index contributed by atoms with van der Waals surface area (Å²) >= 11 is 3.71. The van der Waals surface area contributed by atoms with Crippen LogP contribution in [0.15, 0.2) is 18.7 Å². The maximum Gasteiger partial charge on any atom is 0.0946 e. The van der Waals surface area contributed by atoms with Gasteiger partial charge in [0.05, 0.1) is 6.33 Å². The van der Waals surface area contributed by atoms with E-state index in [-0.39, 0.29) is 0 Å². The van der Waals surface area contributed by atoms with E-state index in [4.69, 9.17) is 0 Å². The second-order valence-electron chi connectivity index (χ2n) is 4.32. The van der Waals surface area contributed by atoms with Crippen molar-refractivity contribution >= 4 is 15.9 Å². The molecular formula is C11H18BrN3. The fraction of sp³-hybridized carbons (Fsp3) is 0.727. The Bertz CT molecular complexity index is 286. The molecular weight excluding hydrogens is 254 g/mol. The third kappa shape index (κ3) is 3.05. The molecule has 0 radical (unpaired) electrons. The first-order chi connectivity index (χ1) is 7.25. The summed E-state index contributed by atoms with van der Waals surface area (Å²) in [6, 6.07) is 0.724. The standard InChI is InChI=1S/C11H18BrN3/c1-10-2-3-11(12)8-15(10)7-6-14-5-4-13-9-14/h4-5,9-11H,2-3,6-8H2,1H3. The van der Waals surface area contributed by atoms with E-state index < -0.39 is 0 Å². The van der Waals surface area contributed by atoms with E-state index >= 15 is 0 Å². The SMILES string of the molecule is CC1CCC(Br)CN1CCn1ccnc1. The highest BCUT2D eigenvalue weighted by Gasteiger charge is 2.22. The van der Waals surface area contributed by atoms with Crippen LogP contribution < -0.4 is 0 Å². The van der Waals surface area contributed by atoms with Gasteiger partial charge >= 0.3 is 0 Å². The molecule has 0 saturated carbocycles. The lowest BCUT2D eigenvalue weighted by molar-refractivity contribution is 0.160. The summed E-state index contributed by atoms with van der Waals surface area (Å²) in [7, 11) is 0. The zero-order valence-corrected chi connectivity index (χ0v) is 10.7. The third-order valence-corrected chi connectivity index (χ3v) is 3.91. The predicted molar refractivity (Wildman–Crippen MR) is 65.2 cm³/mol. The maximum atomic E-state index is 4.06. The van der Waals surface area contributed by atoms with Crippen LogP contribution in [-0.2, 0) is 6.54 Å². The minimum Gasteiger partial charge on any atom is -0.336 e. The average Bonchev–Trinajstić information content (AvgIpc) is 2.72. The monoisotopic (exact) mass is 271 g/mol. The topological polar surface area (TPSA) is 21.1 Å². The summed E-state index contributed by atoms with van der Waals surface area (Å²) in [6.07, 6.45) is 8.37. The van der Waals surface area contributed by atoms with Crippen LogP contribution in [0.25, 0.3) is 0 Å². The lowest BCUT2D eigenvalue weighted by Crippen LogP contribution is -2.43. The number of nitrogens with zero attached hydrogens (tertiary/aromatic N) is 3. The second-order valence-corrected chi connectivity index (χ2v) is 5.61. The molecule has 2 heterocycles. The summed E-state index contributed by atoms with van der Waals surface area (Å²) in [5, 5.41) is 0. The highest BCUT2D eigenvalue weighted by molar-refractivity contribution is 9.09. The molecule has 2 atom stereocenters. The van der Waals surface area contributed by atoms with Gasteiger partial charge in [-0.15, -0.1) is 0 Å². The first kappa shape index (κ1) is 11.1. The Morgan fingerprint density at radius 3 is 3.00 bits per heavy atom. The zero-order chi connectivity index (χ0) is 10.7. The van der Waals surface area contributed by atoms with Gasteiger partial charge in [-0.3, -0.25) is 4.90 Å². The lowest BCUT2D eigenvalue weighted by Gasteiger charge is -2.35. The van der Waals surface area contributed by atoms with Crippen molar-refractivity contribution in [3.8, 4) is 0 Å². The minimum absolute atomic E-state index is 0.677. The Morgan fingerprint density at radius 1 is 1.40 bits per heavy atom. The number of alkyl halides is 1. The lowest BCUT2D eigenvalue weighted by atomic mass is 10.0. The normalized spacial score (nSPS) is 28.1. The molecule has 0 bridgehead atoms. The molecule has 1 aliphatic heterocycles. The van der Waals surface area contributed by atoms with Gasteiger partial charge in [0.15, 0.2) is 0 Å². The average molecular weight is 272 g/mol. The fourth-order valence-corrected chi connectivity index (χ4v) is 2.74. The minimum atomic E-state index is 0.677. The molecule has 1 aliphatic rings. The molecule has 3 nitrogen and oxygen atoms in total. The summed E-state index contributed by atoms with van der Waals surface area (Å²) in [5.41, 5.74) is 0. The number of likely N-dealkylation sites (tertiary alicyclic amines) is 1. The highest BCUT2D eigenvalue weighted by atomic mass is 79.9. The van der Waals surface area contributed by atoms with Crippen LogP contribution in [-0.4, -0.2) is 38.4 Å². The molecule has 1 aromatic rings. The number of rotatable bonds is 3. The van der Waals surface area contributed by atoms with E-state index in [0.29, 0.717) is 4.83 Å². The van der Waals surface area contributed by atoms with Crippen LogP contribution in [0.5, 0.6) is 0 Å². The van der Waals surface area contributed by atoms with Crippen LogP contribution in [0.3, 0.4) is 0 Å². The molecule has 1 saturated heterocycles. The molecule has 84 valence electrons. The van der Waals surface area contributed by atoms with E-state index in [0.717, 1.165) is 19.1 Å². The Kier molecular flexibility index (Phi) is 3.81. The molecule has 1 fully saturated rings. The van der Waals surface area contributed by atoms with E-state index in [1.165, 1.54) is 19.4 Å². The summed E-state index contributed by atoms with van der Waals surface area (Å²) < 4.78 is 2.14. The second kappa shape index (κ2) is 5.12. The number of hydrogen-bond donors (Lipinski definition) is 0. The van der Waals surface area contributed by atoms with Gasteiger partial charge in [-0.2, -0.15) is 0 Å². The number of piperidine rings is 1. The molecule has 2 unspecified atom stereocenters. The summed E-state index contributed by atoms with van der Waals surface area (Å²) in [5.74, 6) is 0. The van der Waals surface area contributed by atoms with Gasteiger partial charge in [0.2, 0.25) is 0 Å². The molecule has 0 N–H and O–H groups in total. The van der Waals surface area contributed by atoms with Crippen LogP contribution in [0.1, 0.15) is 19.8 Å². The van der Waals surface area contributed by atoms with Gasteiger partial charge < -0.3 is 4.57 Å². The first-order valence-electron chi connectivity index (χ1n) is 5.59. The molecule has 2 rings (SSSR count). The van der Waals surface area contributed by atoms with Crippen molar-refractivity contribution in [2.45, 2.75) is 37.2 Å². The van der Waals surface area contributed by atoms with Gasteiger partial charge in [-0.1, -0.05) is 15.9 Å². The van der Waals surface area contributed by atoms with Crippen LogP contribution in [0, 0.1) is 0 Å². The van der Waals surface area contributed by atoms with Gasteiger partial charge in [-0.05, 0) is 19.8 Å². The fourth-order valence-electron chi connectivity index (χ4n) is 2.10. The quantitative estimate of drug-likeness (QED) is 0.786. The summed E-state index contributed by atoms with van der Waals surface area (Å²) in [6.45, 7) is 5.67. The summed E-state index contributed by atoms with van der Waals surface area (Å²) in [4.78, 5) is 7.29. The predicted octanol–water partition coefficient (Wildman–Crippen LogP) is 2.13. The van der Waals surface area contributed by atoms with Crippen LogP contribution in [0.2, 0.25) is 0 Å². The molecule has 4 heteroatoms. The Hall–Kier alpha value is -0.350. The smallest absolute Gasteiger partial charge is 0.0946 e. The van der Waals surface area contributed by atoms with Crippen molar-refractivity contribution in [1.29, 1.82) is 0 Å². The number of aromatic nitrogens is 2. The van der Waals surface area contributed by atoms with Crippen molar-refractivity contribution in [1.82, 2.24) is 14.5 Å². The Morgan fingerprint density at radius 2 is 2.27 bits per heavy atom. The van der Waals surface area contributed by atoms with Gasteiger partial charge in [0, 0.05) is 42.9 Å². The number of halogens is 1. The zero-order valence-electron chi connectivity index (χ0n) is 9.14. The Balaban J connectivity index is 1.82. The molecule has 0 aromatic carbocycles. The molecule has 15 heavy (non-hydrogen) atoms. The largest absolute Gasteiger partial charge is 0.336 e. The van der Waals surface area contributed by atoms with Crippen molar-refractivity contribution in [2.75, 3.05) is 13.1 Å². The van der Waals surface area contributed by atoms with Gasteiger partial charge in [-0.25, -0.2) is 4.98 Å². The van der Waals surface area contributed by atoms with Crippen molar-refractivity contribution in [2.24, 2.45) is 0 Å². The first-order valence-corrected chi connectivity index (χ1v) is 6.51. The van der Waals surface area contributed by atoms with E-state index in [1.54, 1.807) is 0 Å². The molecule has 0 amide bonds. The van der Waals surface area contributed by atoms with Crippen LogP contribution in [0.4, 0.5) is 0 Å².